The van der Waals surface area contributed by atoms with Crippen molar-refractivity contribution in [3.63, 3.8) is 0 Å². The lowest BCUT2D eigenvalue weighted by atomic mass is 9.82. The molecule has 2 N–H and O–H groups in total. The molecule has 2 fully saturated rings. The van der Waals surface area contributed by atoms with Gasteiger partial charge < -0.3 is 29.4 Å². The van der Waals surface area contributed by atoms with Crippen molar-refractivity contribution in [3.8, 4) is 17.4 Å². The van der Waals surface area contributed by atoms with Crippen LogP contribution < -0.4 is 19.5 Å². The van der Waals surface area contributed by atoms with Crippen LogP contribution in [0.1, 0.15) is 57.2 Å². The molecule has 9 nitrogen and oxygen atoms in total. The lowest BCUT2D eigenvalue weighted by Gasteiger charge is -2.40. The van der Waals surface area contributed by atoms with Gasteiger partial charge in [-0.2, -0.15) is 0 Å². The second-order valence-electron chi connectivity index (χ2n) is 10.7. The number of pyridine rings is 1. The van der Waals surface area contributed by atoms with Crippen molar-refractivity contribution in [2.24, 2.45) is 5.92 Å². The van der Waals surface area contributed by atoms with E-state index in [9.17, 15) is 9.90 Å². The second-order valence-corrected chi connectivity index (χ2v) is 10.7. The number of likely N-dealkylation sites (tertiary alicyclic amines) is 1. The first-order chi connectivity index (χ1) is 17.6. The number of hydrogen-bond acceptors (Lipinski definition) is 8. The van der Waals surface area contributed by atoms with Gasteiger partial charge in [0.1, 0.15) is 18.1 Å². The highest BCUT2D eigenvalue weighted by Gasteiger charge is 2.40. The first-order valence-electron chi connectivity index (χ1n) is 12.9. The molecule has 2 heterocycles. The van der Waals surface area contributed by atoms with Gasteiger partial charge in [0.25, 0.3) is 0 Å². The molecule has 0 bridgehead atoms. The minimum Gasteiger partial charge on any atom is -0.497 e. The molecule has 1 saturated heterocycles. The van der Waals surface area contributed by atoms with E-state index in [1.807, 2.05) is 62.1 Å². The van der Waals surface area contributed by atoms with Gasteiger partial charge in [-0.1, -0.05) is 6.07 Å². The summed E-state index contributed by atoms with van der Waals surface area (Å²) in [5.74, 6) is 1.40. The number of carbonyl (C=O) groups is 1. The molecule has 1 unspecified atom stereocenters. The van der Waals surface area contributed by atoms with Crippen LogP contribution in [-0.2, 0) is 16.1 Å². The molecule has 1 aromatic carbocycles. The van der Waals surface area contributed by atoms with E-state index in [1.54, 1.807) is 14.2 Å². The van der Waals surface area contributed by atoms with Gasteiger partial charge in [-0.3, -0.25) is 9.69 Å². The predicted octanol–water partition coefficient (Wildman–Crippen LogP) is 3.45. The van der Waals surface area contributed by atoms with Crippen LogP contribution in [-0.4, -0.2) is 66.3 Å². The number of ether oxygens (including phenoxy) is 4. The first kappa shape index (κ1) is 27.2. The van der Waals surface area contributed by atoms with Gasteiger partial charge in [0.05, 0.1) is 25.7 Å². The summed E-state index contributed by atoms with van der Waals surface area (Å²) in [6, 6.07) is 11.5. The number of benzene rings is 1. The van der Waals surface area contributed by atoms with Crippen LogP contribution in [0.2, 0.25) is 0 Å². The van der Waals surface area contributed by atoms with E-state index >= 15 is 0 Å². The summed E-state index contributed by atoms with van der Waals surface area (Å²) in [5.41, 5.74) is 1.20. The Labute approximate surface area is 219 Å². The maximum absolute atomic E-state index is 13.3. The fraction of sp³-hybridized carbons (Fsp3) is 0.571. The van der Waals surface area contributed by atoms with Crippen LogP contribution >= 0.6 is 0 Å². The molecule has 0 radical (unpaired) electrons. The number of methoxy groups -OCH3 is 2. The van der Waals surface area contributed by atoms with Crippen molar-refractivity contribution >= 4 is 5.91 Å². The Morgan fingerprint density at radius 1 is 1.14 bits per heavy atom. The van der Waals surface area contributed by atoms with Gasteiger partial charge in [0.15, 0.2) is 0 Å². The van der Waals surface area contributed by atoms with E-state index in [4.69, 9.17) is 23.9 Å². The van der Waals surface area contributed by atoms with Crippen molar-refractivity contribution in [2.75, 3.05) is 27.3 Å². The third kappa shape index (κ3) is 7.56. The fourth-order valence-corrected chi connectivity index (χ4v) is 4.55. The van der Waals surface area contributed by atoms with Crippen LogP contribution in [0.5, 0.6) is 17.4 Å². The lowest BCUT2D eigenvalue weighted by molar-refractivity contribution is -0.245. The van der Waals surface area contributed by atoms with E-state index in [-0.39, 0.29) is 23.8 Å². The van der Waals surface area contributed by atoms with Crippen LogP contribution in [0.25, 0.3) is 0 Å². The summed E-state index contributed by atoms with van der Waals surface area (Å²) in [7, 11) is 3.22. The third-order valence-corrected chi connectivity index (χ3v) is 6.60. The zero-order chi connectivity index (χ0) is 26.6. The Morgan fingerprint density at radius 2 is 1.84 bits per heavy atom. The molecule has 1 amide bonds. The average Bonchev–Trinajstić information content (AvgIpc) is 3.70. The van der Waals surface area contributed by atoms with Gasteiger partial charge in [-0.05, 0) is 63.8 Å². The number of hydrogen-bond donors (Lipinski definition) is 2. The molecule has 1 saturated carbocycles. The van der Waals surface area contributed by atoms with Gasteiger partial charge in [0, 0.05) is 42.9 Å². The Hall–Kier alpha value is -2.88. The molecule has 1 aromatic heterocycles. The number of aliphatic hydroxyl groups excluding tert-OH is 1. The molecule has 0 spiro atoms. The molecule has 37 heavy (non-hydrogen) atoms. The summed E-state index contributed by atoms with van der Waals surface area (Å²) in [5, 5.41) is 13.8. The van der Waals surface area contributed by atoms with Crippen molar-refractivity contribution < 1.29 is 28.8 Å². The summed E-state index contributed by atoms with van der Waals surface area (Å²) in [4.78, 5) is 19.9. The highest BCUT2D eigenvalue weighted by atomic mass is 16.6. The molecular weight excluding hydrogens is 474 g/mol. The van der Waals surface area contributed by atoms with Gasteiger partial charge >= 0.3 is 0 Å². The summed E-state index contributed by atoms with van der Waals surface area (Å²) in [6.45, 7) is 6.97. The second kappa shape index (κ2) is 11.7. The summed E-state index contributed by atoms with van der Waals surface area (Å²) in [6.07, 6.45) is 1.62. The first-order valence-corrected chi connectivity index (χ1v) is 12.9. The third-order valence-electron chi connectivity index (χ3n) is 6.60. The van der Waals surface area contributed by atoms with E-state index in [0.717, 1.165) is 24.1 Å². The maximum atomic E-state index is 13.3. The number of nitrogens with zero attached hydrogens (tertiary/aromatic N) is 2. The van der Waals surface area contributed by atoms with Crippen molar-refractivity contribution in [2.45, 2.75) is 70.6 Å². The van der Waals surface area contributed by atoms with Crippen molar-refractivity contribution in [3.05, 3.63) is 47.7 Å². The quantitative estimate of drug-likeness (QED) is 0.466. The monoisotopic (exact) mass is 513 g/mol. The molecule has 3 atom stereocenters. The van der Waals surface area contributed by atoms with E-state index in [2.05, 4.69) is 5.32 Å². The van der Waals surface area contributed by atoms with Gasteiger partial charge in [0.2, 0.25) is 18.2 Å². The molecule has 202 valence electrons. The maximum Gasteiger partial charge on any atom is 0.225 e. The summed E-state index contributed by atoms with van der Waals surface area (Å²) < 4.78 is 22.5. The minimum atomic E-state index is -1.07. The zero-order valence-corrected chi connectivity index (χ0v) is 22.4. The Morgan fingerprint density at radius 3 is 2.46 bits per heavy atom. The number of carbonyl (C=O) groups excluding carboxylic acids is 1. The molecule has 4 rings (SSSR count). The Bertz CT molecular complexity index is 1050. The van der Waals surface area contributed by atoms with Crippen molar-refractivity contribution in [1.82, 2.24) is 15.2 Å². The van der Waals surface area contributed by atoms with Crippen LogP contribution in [0.15, 0.2) is 36.4 Å². The highest BCUT2D eigenvalue weighted by Crippen LogP contribution is 2.35. The average molecular weight is 514 g/mol. The number of amides is 1. The van der Waals surface area contributed by atoms with Gasteiger partial charge in [-0.25, -0.2) is 4.98 Å². The molecule has 1 aliphatic carbocycles. The topological polar surface area (TPSA) is 102 Å². The largest absolute Gasteiger partial charge is 0.497 e. The van der Waals surface area contributed by atoms with E-state index in [1.165, 1.54) is 0 Å². The normalized spacial score (nSPS) is 21.2. The van der Waals surface area contributed by atoms with Crippen LogP contribution in [0.3, 0.4) is 0 Å². The number of piperidine rings is 1. The predicted molar refractivity (Wildman–Crippen MR) is 139 cm³/mol. The molecule has 1 aliphatic heterocycles. The highest BCUT2D eigenvalue weighted by molar-refractivity contribution is 5.80. The van der Waals surface area contributed by atoms with Crippen LogP contribution in [0.4, 0.5) is 0 Å². The molecular formula is C28H39N3O6. The van der Waals surface area contributed by atoms with E-state index < -0.39 is 12.0 Å². The van der Waals surface area contributed by atoms with E-state index in [0.29, 0.717) is 43.5 Å². The number of nitrogens with one attached hydrogen (secondary N) is 1. The smallest absolute Gasteiger partial charge is 0.225 e. The fourth-order valence-electron chi connectivity index (χ4n) is 4.55. The number of aromatic nitrogens is 1. The van der Waals surface area contributed by atoms with Gasteiger partial charge in [-0.15, -0.1) is 0 Å². The minimum absolute atomic E-state index is 0.00300. The zero-order valence-electron chi connectivity index (χ0n) is 22.4. The molecule has 2 aromatic rings. The molecule has 2 aliphatic rings. The summed E-state index contributed by atoms with van der Waals surface area (Å²) >= 11 is 0. The Kier molecular flexibility index (Phi) is 8.56. The lowest BCUT2D eigenvalue weighted by Crippen LogP contribution is -2.52. The number of rotatable bonds is 10. The number of aliphatic hydroxyl groups is 1. The SMILES string of the molecule is COc1cc(COc2cccc([C@H]3CCN(C(O)OC(C)(C)C)C[C@@H]3C(=O)NC3CC3)n2)cc(OC)c1. The van der Waals surface area contributed by atoms with Crippen LogP contribution in [0, 0.1) is 5.92 Å². The Balaban J connectivity index is 1.48. The molecule has 9 heteroatoms. The van der Waals surface area contributed by atoms with Crippen molar-refractivity contribution in [1.29, 1.82) is 0 Å². The standard InChI is InChI=1S/C28H39N3O6/c1-28(2,3)37-27(33)31-12-11-22(23(16-31)26(32)29-19-9-10-19)24-7-6-8-25(30-24)36-17-18-13-20(34-4)15-21(14-18)35-5/h6-8,13-15,19,22-23,27,33H,9-12,16-17H2,1-5H3,(H,29,32)/t22-,23-,27?/m0/s1.